The summed E-state index contributed by atoms with van der Waals surface area (Å²) in [6, 6.07) is 10.2. The predicted octanol–water partition coefficient (Wildman–Crippen LogP) is 3.45. The monoisotopic (exact) mass is 241 g/mol. The van der Waals surface area contributed by atoms with Gasteiger partial charge in [0.05, 0.1) is 6.54 Å². The average Bonchev–Trinajstić information content (AvgIpc) is 2.42. The van der Waals surface area contributed by atoms with E-state index in [1.54, 1.807) is 0 Å². The molecule has 0 aromatic heterocycles. The molecule has 0 saturated heterocycles. The molecular weight excluding hydrogens is 218 g/mol. The number of hydrogen-bond acceptors (Lipinski definition) is 1. The van der Waals surface area contributed by atoms with Crippen LogP contribution in [0.5, 0.6) is 0 Å². The fraction of sp³-hybridized carbons (Fsp3) is 0.529. The summed E-state index contributed by atoms with van der Waals surface area (Å²) in [5, 5.41) is 3.48. The molecule has 96 valence electrons. The summed E-state index contributed by atoms with van der Waals surface area (Å²) in [4.78, 5) is 0. The highest BCUT2D eigenvalue weighted by molar-refractivity contribution is 5.33. The summed E-state index contributed by atoms with van der Waals surface area (Å²) < 4.78 is 0. The van der Waals surface area contributed by atoms with Crippen molar-refractivity contribution in [3.63, 3.8) is 0 Å². The fourth-order valence-electron chi connectivity index (χ4n) is 2.68. The summed E-state index contributed by atoms with van der Waals surface area (Å²) in [6.45, 7) is 4.32. The normalized spacial score (nSPS) is 23.2. The Kier molecular flexibility index (Phi) is 5.30. The molecule has 0 amide bonds. The van der Waals surface area contributed by atoms with Crippen molar-refractivity contribution in [2.24, 2.45) is 11.8 Å². The molecule has 0 bridgehead atoms. The van der Waals surface area contributed by atoms with Crippen LogP contribution in [-0.4, -0.2) is 13.1 Å². The largest absolute Gasteiger partial charge is 0.306 e. The van der Waals surface area contributed by atoms with Gasteiger partial charge in [0, 0.05) is 5.56 Å². The third-order valence-electron chi connectivity index (χ3n) is 3.92. The van der Waals surface area contributed by atoms with Gasteiger partial charge < -0.3 is 5.32 Å². The van der Waals surface area contributed by atoms with Crippen LogP contribution in [0.2, 0.25) is 0 Å². The van der Waals surface area contributed by atoms with Crippen molar-refractivity contribution in [1.29, 1.82) is 0 Å². The number of hydrogen-bond donors (Lipinski definition) is 1. The highest BCUT2D eigenvalue weighted by Crippen LogP contribution is 2.28. The molecule has 2 atom stereocenters. The van der Waals surface area contributed by atoms with Crippen LogP contribution >= 0.6 is 0 Å². The zero-order valence-electron chi connectivity index (χ0n) is 11.3. The van der Waals surface area contributed by atoms with Gasteiger partial charge in [0.1, 0.15) is 0 Å². The van der Waals surface area contributed by atoms with Gasteiger partial charge in [0.15, 0.2) is 0 Å². The van der Waals surface area contributed by atoms with Crippen molar-refractivity contribution in [3.8, 4) is 11.8 Å². The van der Waals surface area contributed by atoms with Gasteiger partial charge in [-0.2, -0.15) is 0 Å². The average molecular weight is 241 g/mol. The summed E-state index contributed by atoms with van der Waals surface area (Å²) in [7, 11) is 0. The van der Waals surface area contributed by atoms with Crippen molar-refractivity contribution in [3.05, 3.63) is 35.9 Å². The Labute approximate surface area is 111 Å². The predicted molar refractivity (Wildman–Crippen MR) is 77.3 cm³/mol. The molecule has 1 heteroatoms. The topological polar surface area (TPSA) is 12.0 Å². The molecule has 18 heavy (non-hydrogen) atoms. The second-order valence-electron chi connectivity index (χ2n) is 5.32. The van der Waals surface area contributed by atoms with Crippen LogP contribution in [0, 0.1) is 23.7 Å². The van der Waals surface area contributed by atoms with E-state index in [0.29, 0.717) is 0 Å². The van der Waals surface area contributed by atoms with Gasteiger partial charge in [-0.3, -0.25) is 0 Å². The lowest BCUT2D eigenvalue weighted by atomic mass is 9.80. The van der Waals surface area contributed by atoms with E-state index in [9.17, 15) is 0 Å². The maximum absolute atomic E-state index is 3.48. The highest BCUT2D eigenvalue weighted by Gasteiger charge is 2.20. The van der Waals surface area contributed by atoms with Crippen molar-refractivity contribution in [2.75, 3.05) is 13.1 Å². The molecule has 2 rings (SSSR count). The number of benzene rings is 1. The number of nitrogens with one attached hydrogen (secondary N) is 1. The molecule has 1 N–H and O–H groups in total. The van der Waals surface area contributed by atoms with Crippen molar-refractivity contribution in [1.82, 2.24) is 5.32 Å². The van der Waals surface area contributed by atoms with Gasteiger partial charge in [-0.25, -0.2) is 0 Å². The minimum Gasteiger partial charge on any atom is -0.306 e. The molecule has 1 nitrogen and oxygen atoms in total. The smallest absolute Gasteiger partial charge is 0.0580 e. The molecule has 2 unspecified atom stereocenters. The van der Waals surface area contributed by atoms with E-state index >= 15 is 0 Å². The molecular formula is C17H23N. The van der Waals surface area contributed by atoms with E-state index in [4.69, 9.17) is 0 Å². The van der Waals surface area contributed by atoms with E-state index < -0.39 is 0 Å². The lowest BCUT2D eigenvalue weighted by Crippen LogP contribution is -2.29. The van der Waals surface area contributed by atoms with Gasteiger partial charge in [-0.05, 0) is 36.9 Å². The maximum Gasteiger partial charge on any atom is 0.0580 e. The summed E-state index contributed by atoms with van der Waals surface area (Å²) in [5.74, 6) is 8.12. The van der Waals surface area contributed by atoms with Gasteiger partial charge >= 0.3 is 0 Å². The molecule has 0 aliphatic heterocycles. The highest BCUT2D eigenvalue weighted by atomic mass is 14.8. The summed E-state index contributed by atoms with van der Waals surface area (Å²) in [6.07, 6.45) is 5.63. The van der Waals surface area contributed by atoms with Crippen LogP contribution < -0.4 is 5.32 Å². The standard InChI is InChI=1S/C17H23N/c1-15-8-5-6-12-17(15)14-18-13-7-11-16-9-3-2-4-10-16/h2-4,9-10,15,17-18H,5-6,8,12-14H2,1H3. The lowest BCUT2D eigenvalue weighted by Gasteiger charge is -2.28. The van der Waals surface area contributed by atoms with E-state index in [1.807, 2.05) is 18.2 Å². The Morgan fingerprint density at radius 3 is 2.72 bits per heavy atom. The summed E-state index contributed by atoms with van der Waals surface area (Å²) >= 11 is 0. The van der Waals surface area contributed by atoms with Gasteiger partial charge in [-0.15, -0.1) is 0 Å². The van der Waals surface area contributed by atoms with E-state index in [1.165, 1.54) is 25.7 Å². The van der Waals surface area contributed by atoms with Crippen LogP contribution in [0.15, 0.2) is 30.3 Å². The molecule has 1 aromatic rings. The van der Waals surface area contributed by atoms with Gasteiger partial charge in [-0.1, -0.05) is 56.2 Å². The van der Waals surface area contributed by atoms with Gasteiger partial charge in [0.25, 0.3) is 0 Å². The van der Waals surface area contributed by atoms with E-state index in [0.717, 1.165) is 30.5 Å². The Balaban J connectivity index is 1.68. The first kappa shape index (κ1) is 13.2. The first-order valence-corrected chi connectivity index (χ1v) is 7.11. The zero-order chi connectivity index (χ0) is 12.6. The minimum atomic E-state index is 0.804. The molecule has 1 aliphatic carbocycles. The Hall–Kier alpha value is -1.26. The van der Waals surface area contributed by atoms with Crippen molar-refractivity contribution >= 4 is 0 Å². The van der Waals surface area contributed by atoms with Gasteiger partial charge in [0.2, 0.25) is 0 Å². The van der Waals surface area contributed by atoms with Crippen LogP contribution in [0.25, 0.3) is 0 Å². The van der Waals surface area contributed by atoms with Crippen LogP contribution in [0.4, 0.5) is 0 Å². The first-order chi connectivity index (χ1) is 8.86. The molecule has 0 heterocycles. The summed E-state index contributed by atoms with van der Waals surface area (Å²) in [5.41, 5.74) is 1.10. The molecule has 1 fully saturated rings. The van der Waals surface area contributed by atoms with Crippen molar-refractivity contribution < 1.29 is 0 Å². The fourth-order valence-corrected chi connectivity index (χ4v) is 2.68. The second-order valence-corrected chi connectivity index (χ2v) is 5.32. The van der Waals surface area contributed by atoms with Crippen LogP contribution in [0.1, 0.15) is 38.2 Å². The van der Waals surface area contributed by atoms with Crippen molar-refractivity contribution in [2.45, 2.75) is 32.6 Å². The van der Waals surface area contributed by atoms with Crippen LogP contribution in [-0.2, 0) is 0 Å². The SMILES string of the molecule is CC1CCCCC1CNCC#Cc1ccccc1. The molecule has 1 saturated carbocycles. The Morgan fingerprint density at radius 2 is 1.94 bits per heavy atom. The molecule has 1 aromatic carbocycles. The third-order valence-corrected chi connectivity index (χ3v) is 3.92. The molecule has 1 aliphatic rings. The molecule has 0 spiro atoms. The molecule has 0 radical (unpaired) electrons. The third kappa shape index (κ3) is 4.20. The number of rotatable bonds is 3. The zero-order valence-corrected chi connectivity index (χ0v) is 11.3. The maximum atomic E-state index is 3.48. The van der Waals surface area contributed by atoms with Crippen LogP contribution in [0.3, 0.4) is 0 Å². The first-order valence-electron chi connectivity index (χ1n) is 7.11. The Morgan fingerprint density at radius 1 is 1.17 bits per heavy atom. The van der Waals surface area contributed by atoms with E-state index in [2.05, 4.69) is 36.2 Å². The van der Waals surface area contributed by atoms with E-state index in [-0.39, 0.29) is 0 Å². The Bertz CT molecular complexity index is 399. The second kappa shape index (κ2) is 7.24. The quantitative estimate of drug-likeness (QED) is 0.631. The lowest BCUT2D eigenvalue weighted by molar-refractivity contribution is 0.250. The minimum absolute atomic E-state index is 0.804.